The third-order valence-corrected chi connectivity index (χ3v) is 3.78. The summed E-state index contributed by atoms with van der Waals surface area (Å²) in [4.78, 5) is 15.2. The van der Waals surface area contributed by atoms with Gasteiger partial charge in [-0.2, -0.15) is 40.1 Å². The van der Waals surface area contributed by atoms with Gasteiger partial charge in [0.15, 0.2) is 0 Å². The fourth-order valence-corrected chi connectivity index (χ4v) is 2.35. The number of benzene rings is 1. The number of aromatic nitrogens is 3. The molecule has 32 heavy (non-hydrogen) atoms. The van der Waals surface area contributed by atoms with Crippen molar-refractivity contribution < 1.29 is 53.4 Å². The number of nitrogens with one attached hydrogen (secondary N) is 1. The molecule has 1 amide bonds. The van der Waals surface area contributed by atoms with E-state index in [-0.39, 0.29) is 5.56 Å². The summed E-state index contributed by atoms with van der Waals surface area (Å²) in [5.41, 5.74) is -1.23. The van der Waals surface area contributed by atoms with Gasteiger partial charge < -0.3 is 10.1 Å². The van der Waals surface area contributed by atoms with E-state index in [4.69, 9.17) is 0 Å². The smallest absolute Gasteiger partial charge is 0.395 e. The van der Waals surface area contributed by atoms with Crippen molar-refractivity contribution >= 4 is 5.91 Å². The molecule has 1 atom stereocenters. The predicted molar refractivity (Wildman–Crippen MR) is 85.7 cm³/mol. The molecule has 0 aliphatic heterocycles. The topological polar surface area (TPSA) is 69.0 Å². The monoisotopic (exact) mass is 482 g/mol. The van der Waals surface area contributed by atoms with Crippen LogP contribution in [0.3, 0.4) is 0 Å². The molecule has 0 fully saturated rings. The Bertz CT molecular complexity index is 1000. The van der Waals surface area contributed by atoms with Crippen LogP contribution in [0.2, 0.25) is 0 Å². The van der Waals surface area contributed by atoms with Crippen molar-refractivity contribution in [3.05, 3.63) is 34.9 Å². The molecule has 1 aromatic heterocycles. The summed E-state index contributed by atoms with van der Waals surface area (Å²) < 4.78 is 132. The van der Waals surface area contributed by atoms with Gasteiger partial charge in [0.1, 0.15) is 23.9 Å². The Morgan fingerprint density at radius 1 is 1.12 bits per heavy atom. The Hall–Kier alpha value is -3.07. The maximum Gasteiger partial charge on any atom is 0.441 e. The molecule has 16 heteroatoms. The first-order valence-corrected chi connectivity index (χ1v) is 8.29. The van der Waals surface area contributed by atoms with Crippen molar-refractivity contribution in [3.8, 4) is 11.7 Å². The molecule has 0 aliphatic carbocycles. The summed E-state index contributed by atoms with van der Waals surface area (Å²) in [7, 11) is 0. The lowest BCUT2D eigenvalue weighted by Crippen LogP contribution is -2.45. The Balaban J connectivity index is 2.39. The van der Waals surface area contributed by atoms with Crippen LogP contribution in [0.1, 0.15) is 21.7 Å². The Labute approximate surface area is 172 Å². The maximum atomic E-state index is 14.4. The highest BCUT2D eigenvalue weighted by Crippen LogP contribution is 2.36. The molecule has 0 radical (unpaired) electrons. The van der Waals surface area contributed by atoms with Crippen molar-refractivity contribution in [2.24, 2.45) is 0 Å². The van der Waals surface area contributed by atoms with E-state index in [9.17, 15) is 48.7 Å². The molecule has 6 nitrogen and oxygen atoms in total. The van der Waals surface area contributed by atoms with Crippen LogP contribution in [0.25, 0.3) is 5.69 Å². The molecule has 1 heterocycles. The van der Waals surface area contributed by atoms with Crippen LogP contribution in [0.5, 0.6) is 6.01 Å². The zero-order chi connectivity index (χ0) is 24.6. The fraction of sp³-hybridized carbons (Fsp3) is 0.438. The second-order valence-electron chi connectivity index (χ2n) is 6.34. The highest BCUT2D eigenvalue weighted by molar-refractivity contribution is 5.96. The number of halogens is 10. The average Bonchev–Trinajstić information content (AvgIpc) is 2.97. The largest absolute Gasteiger partial charge is 0.441 e. The molecule has 2 rings (SSSR count). The van der Waals surface area contributed by atoms with Crippen molar-refractivity contribution in [2.75, 3.05) is 6.54 Å². The van der Waals surface area contributed by atoms with Crippen molar-refractivity contribution in [3.63, 3.8) is 0 Å². The van der Waals surface area contributed by atoms with E-state index in [0.29, 0.717) is 10.7 Å². The molecule has 0 aliphatic rings. The van der Waals surface area contributed by atoms with Gasteiger partial charge in [0.25, 0.3) is 12.1 Å². The second kappa shape index (κ2) is 8.46. The van der Waals surface area contributed by atoms with Gasteiger partial charge in [-0.3, -0.25) is 4.79 Å². The van der Waals surface area contributed by atoms with E-state index in [1.54, 1.807) is 5.32 Å². The molecule has 0 saturated carbocycles. The van der Waals surface area contributed by atoms with Crippen molar-refractivity contribution in [2.45, 2.75) is 38.5 Å². The Morgan fingerprint density at radius 2 is 1.72 bits per heavy atom. The Kier molecular flexibility index (Phi) is 6.66. The van der Waals surface area contributed by atoms with Crippen LogP contribution in [0.15, 0.2) is 12.1 Å². The fourth-order valence-electron chi connectivity index (χ4n) is 2.35. The minimum atomic E-state index is -5.97. The minimum absolute atomic E-state index is 0.0999. The molecular formula is C16H12F10N4O2. The third kappa shape index (κ3) is 5.79. The molecule has 1 N–H and O–H groups in total. The molecule has 0 saturated heterocycles. The van der Waals surface area contributed by atoms with Gasteiger partial charge in [-0.15, -0.1) is 5.10 Å². The number of hydrogen-bond donors (Lipinski definition) is 1. The number of alkyl halides is 9. The Morgan fingerprint density at radius 3 is 2.25 bits per heavy atom. The van der Waals surface area contributed by atoms with E-state index >= 15 is 0 Å². The van der Waals surface area contributed by atoms with Crippen molar-refractivity contribution in [1.82, 2.24) is 20.1 Å². The lowest BCUT2D eigenvalue weighted by atomic mass is 10.1. The van der Waals surface area contributed by atoms with Gasteiger partial charge in [0, 0.05) is 5.56 Å². The van der Waals surface area contributed by atoms with E-state index < -0.39 is 66.0 Å². The molecular weight excluding hydrogens is 470 g/mol. The first-order valence-electron chi connectivity index (χ1n) is 8.29. The minimum Gasteiger partial charge on any atom is -0.395 e. The summed E-state index contributed by atoms with van der Waals surface area (Å²) in [6.07, 6.45) is -20.9. The number of hydrogen-bond acceptors (Lipinski definition) is 4. The second-order valence-corrected chi connectivity index (χ2v) is 6.34. The van der Waals surface area contributed by atoms with Gasteiger partial charge in [-0.1, -0.05) is 0 Å². The van der Waals surface area contributed by atoms with Crippen LogP contribution >= 0.6 is 0 Å². The molecule has 0 bridgehead atoms. The predicted octanol–water partition coefficient (Wildman–Crippen LogP) is 4.19. The summed E-state index contributed by atoms with van der Waals surface area (Å²) in [5.74, 6) is -2.84. The summed E-state index contributed by atoms with van der Waals surface area (Å²) in [6, 6.07) is -0.0225. The summed E-state index contributed by atoms with van der Waals surface area (Å²) in [6.45, 7) is 0.519. The van der Waals surface area contributed by atoms with Crippen molar-refractivity contribution in [1.29, 1.82) is 0 Å². The van der Waals surface area contributed by atoms with E-state index in [0.717, 1.165) is 13.0 Å². The van der Waals surface area contributed by atoms with E-state index in [1.165, 1.54) is 6.92 Å². The molecule has 2 aromatic rings. The summed E-state index contributed by atoms with van der Waals surface area (Å²) >= 11 is 0. The standard InChI is InChI=1S/C16H12F10N4O2/c1-6-3-9(17)10(4-8(6)11(31)27-5-14(19,20)21)30-7(2)28-13(29-30)32-16(25,26)12(18)15(22,23)24/h3-4,12H,5H2,1-2H3,(H,27,31). The number of aryl methyl sites for hydroxylation is 2. The first-order chi connectivity index (χ1) is 14.4. The average molecular weight is 482 g/mol. The van der Waals surface area contributed by atoms with Gasteiger partial charge >= 0.3 is 24.5 Å². The first kappa shape index (κ1) is 25.2. The zero-order valence-corrected chi connectivity index (χ0v) is 15.9. The normalized spacial score (nSPS) is 13.8. The van der Waals surface area contributed by atoms with Crippen LogP contribution in [-0.4, -0.2) is 51.8 Å². The summed E-state index contributed by atoms with van der Waals surface area (Å²) in [5, 5.41) is 4.78. The zero-order valence-electron chi connectivity index (χ0n) is 15.9. The van der Waals surface area contributed by atoms with Crippen LogP contribution < -0.4 is 10.1 Å². The maximum absolute atomic E-state index is 14.4. The van der Waals surface area contributed by atoms with Crippen LogP contribution in [0, 0.1) is 19.7 Å². The number of ether oxygens (including phenoxy) is 1. The van der Waals surface area contributed by atoms with Gasteiger partial charge in [-0.05, 0) is 31.5 Å². The lowest BCUT2D eigenvalue weighted by Gasteiger charge is -2.21. The third-order valence-electron chi connectivity index (χ3n) is 3.78. The highest BCUT2D eigenvalue weighted by Gasteiger charge is 2.59. The quantitative estimate of drug-likeness (QED) is 0.628. The molecule has 1 aromatic carbocycles. The van der Waals surface area contributed by atoms with Gasteiger partial charge in [0.2, 0.25) is 0 Å². The molecule has 178 valence electrons. The number of nitrogens with zero attached hydrogens (tertiary/aromatic N) is 3. The SMILES string of the molecule is Cc1cc(F)c(-n2nc(OC(F)(F)C(F)C(F)(F)F)nc2C)cc1C(=O)NCC(F)(F)F. The molecule has 0 spiro atoms. The number of amides is 1. The van der Waals surface area contributed by atoms with E-state index in [2.05, 4.69) is 14.8 Å². The van der Waals surface area contributed by atoms with Gasteiger partial charge in [-0.25, -0.2) is 13.5 Å². The number of carbonyl (C=O) groups excluding carboxylic acids is 1. The van der Waals surface area contributed by atoms with Gasteiger partial charge in [0.05, 0.1) is 0 Å². The van der Waals surface area contributed by atoms with Crippen LogP contribution in [0.4, 0.5) is 43.9 Å². The lowest BCUT2D eigenvalue weighted by molar-refractivity contribution is -0.306. The number of carbonyl (C=O) groups is 1. The van der Waals surface area contributed by atoms with E-state index in [1.807, 2.05) is 0 Å². The molecule has 1 unspecified atom stereocenters. The highest BCUT2D eigenvalue weighted by atomic mass is 19.4. The van der Waals surface area contributed by atoms with Crippen LogP contribution in [-0.2, 0) is 0 Å². The number of rotatable bonds is 6.